The van der Waals surface area contributed by atoms with Crippen LogP contribution in [0.25, 0.3) is 0 Å². The van der Waals surface area contributed by atoms with Crippen molar-refractivity contribution >= 4 is 11.7 Å². The Bertz CT molecular complexity index is 832. The number of carbonyl (C=O) groups is 1. The normalized spacial score (nSPS) is 26.7. The van der Waals surface area contributed by atoms with Crippen LogP contribution in [0.4, 0.5) is 10.5 Å². The fourth-order valence-corrected chi connectivity index (χ4v) is 4.26. The van der Waals surface area contributed by atoms with Crippen molar-refractivity contribution < 1.29 is 19.7 Å². The van der Waals surface area contributed by atoms with Gasteiger partial charge in [-0.1, -0.05) is 42.5 Å². The third-order valence-electron chi connectivity index (χ3n) is 5.72. The Hall–Kier alpha value is -2.45. The number of ether oxygens (including phenoxy) is 1. The molecule has 2 aliphatic heterocycles. The lowest BCUT2D eigenvalue weighted by atomic mass is 9.95. The number of aliphatic hydroxyl groups excluding tert-OH is 2. The summed E-state index contributed by atoms with van der Waals surface area (Å²) in [6, 6.07) is 16.9. The molecule has 0 radical (unpaired) electrons. The standard InChI is InChI=1S/C22H27N3O4/c26-14-19-21(27)20(25-11-10-15-6-4-5-7-16(15)13-25)18(29-19)12-23-22(28)24-17-8-2-1-3-9-17/h1-9,18-21,26-27H,10-14H2,(H2,23,24,28)/t18-,19+,20+,21-/m1/s1. The summed E-state index contributed by atoms with van der Waals surface area (Å²) in [4.78, 5) is 14.4. The molecule has 154 valence electrons. The van der Waals surface area contributed by atoms with Crippen molar-refractivity contribution in [3.05, 3.63) is 65.7 Å². The summed E-state index contributed by atoms with van der Waals surface area (Å²) in [5, 5.41) is 26.0. The molecule has 7 nitrogen and oxygen atoms in total. The molecule has 4 N–H and O–H groups in total. The number of aliphatic hydroxyl groups is 2. The second-order valence-corrected chi connectivity index (χ2v) is 7.57. The third kappa shape index (κ3) is 4.43. The molecule has 2 heterocycles. The van der Waals surface area contributed by atoms with Crippen molar-refractivity contribution in [2.24, 2.45) is 0 Å². The van der Waals surface area contributed by atoms with E-state index in [1.165, 1.54) is 11.1 Å². The van der Waals surface area contributed by atoms with E-state index in [0.717, 1.165) is 13.0 Å². The number of hydrogen-bond acceptors (Lipinski definition) is 5. The van der Waals surface area contributed by atoms with Gasteiger partial charge in [0.25, 0.3) is 0 Å². The first-order valence-electron chi connectivity index (χ1n) is 10.0. The topological polar surface area (TPSA) is 94.1 Å². The molecule has 4 atom stereocenters. The average Bonchev–Trinajstić information content (AvgIpc) is 3.08. The molecule has 2 aromatic carbocycles. The molecular weight excluding hydrogens is 370 g/mol. The number of nitrogens with one attached hydrogen (secondary N) is 2. The van der Waals surface area contributed by atoms with Gasteiger partial charge < -0.3 is 25.6 Å². The van der Waals surface area contributed by atoms with E-state index >= 15 is 0 Å². The molecule has 4 rings (SSSR count). The van der Waals surface area contributed by atoms with Crippen LogP contribution in [0.2, 0.25) is 0 Å². The second-order valence-electron chi connectivity index (χ2n) is 7.57. The van der Waals surface area contributed by atoms with Crippen LogP contribution in [0.1, 0.15) is 11.1 Å². The maximum absolute atomic E-state index is 12.2. The summed E-state index contributed by atoms with van der Waals surface area (Å²) >= 11 is 0. The predicted molar refractivity (Wildman–Crippen MR) is 110 cm³/mol. The van der Waals surface area contributed by atoms with Crippen LogP contribution in [0.15, 0.2) is 54.6 Å². The maximum atomic E-state index is 12.2. The molecule has 1 fully saturated rings. The van der Waals surface area contributed by atoms with Crippen molar-refractivity contribution in [3.63, 3.8) is 0 Å². The maximum Gasteiger partial charge on any atom is 0.319 e. The van der Waals surface area contributed by atoms with E-state index in [1.807, 2.05) is 42.5 Å². The summed E-state index contributed by atoms with van der Waals surface area (Å²) in [7, 11) is 0. The minimum Gasteiger partial charge on any atom is -0.394 e. The van der Waals surface area contributed by atoms with Gasteiger partial charge in [0.1, 0.15) is 12.2 Å². The SMILES string of the molecule is O=C(NC[C@H]1O[C@@H](CO)[C@@H](O)[C@H]1N1CCc2ccccc2C1)Nc1ccccc1. The minimum absolute atomic E-state index is 0.245. The molecule has 0 aromatic heterocycles. The zero-order chi connectivity index (χ0) is 20.2. The first kappa shape index (κ1) is 19.8. The number of amides is 2. The van der Waals surface area contributed by atoms with E-state index < -0.39 is 18.3 Å². The molecule has 0 spiro atoms. The fraction of sp³-hybridized carbons (Fsp3) is 0.409. The molecule has 1 saturated heterocycles. The highest BCUT2D eigenvalue weighted by atomic mass is 16.5. The summed E-state index contributed by atoms with van der Waals surface area (Å²) in [5.41, 5.74) is 3.27. The summed E-state index contributed by atoms with van der Waals surface area (Å²) in [6.45, 7) is 1.50. The van der Waals surface area contributed by atoms with Crippen molar-refractivity contribution in [3.8, 4) is 0 Å². The number of benzene rings is 2. The van der Waals surface area contributed by atoms with Crippen LogP contribution in [-0.4, -0.2) is 65.2 Å². The molecule has 7 heteroatoms. The van der Waals surface area contributed by atoms with Crippen LogP contribution in [0, 0.1) is 0 Å². The molecule has 0 unspecified atom stereocenters. The van der Waals surface area contributed by atoms with Crippen molar-refractivity contribution in [2.75, 3.05) is 25.0 Å². The van der Waals surface area contributed by atoms with E-state index in [1.54, 1.807) is 0 Å². The monoisotopic (exact) mass is 397 g/mol. The van der Waals surface area contributed by atoms with Crippen LogP contribution in [-0.2, 0) is 17.7 Å². The molecule has 2 aliphatic rings. The van der Waals surface area contributed by atoms with Gasteiger partial charge in [0, 0.05) is 25.3 Å². The van der Waals surface area contributed by atoms with Gasteiger partial charge in [-0.2, -0.15) is 0 Å². The Labute approximate surface area is 170 Å². The van der Waals surface area contributed by atoms with Gasteiger partial charge in [0.2, 0.25) is 0 Å². The summed E-state index contributed by atoms with van der Waals surface area (Å²) < 4.78 is 5.89. The van der Waals surface area contributed by atoms with Crippen molar-refractivity contribution in [1.29, 1.82) is 0 Å². The Morgan fingerprint density at radius 1 is 1.07 bits per heavy atom. The third-order valence-corrected chi connectivity index (χ3v) is 5.72. The predicted octanol–water partition coefficient (Wildman–Crippen LogP) is 1.36. The van der Waals surface area contributed by atoms with Crippen LogP contribution >= 0.6 is 0 Å². The summed E-state index contributed by atoms with van der Waals surface area (Å²) in [5.74, 6) is 0. The Kier molecular flexibility index (Phi) is 6.10. The smallest absolute Gasteiger partial charge is 0.319 e. The van der Waals surface area contributed by atoms with Gasteiger partial charge in [0.15, 0.2) is 0 Å². The highest BCUT2D eigenvalue weighted by Crippen LogP contribution is 2.30. The Morgan fingerprint density at radius 3 is 2.55 bits per heavy atom. The van der Waals surface area contributed by atoms with Gasteiger partial charge in [0.05, 0.1) is 18.8 Å². The van der Waals surface area contributed by atoms with Gasteiger partial charge in [-0.3, -0.25) is 4.90 Å². The molecule has 0 saturated carbocycles. The lowest BCUT2D eigenvalue weighted by molar-refractivity contribution is -0.0205. The highest BCUT2D eigenvalue weighted by molar-refractivity contribution is 5.89. The second kappa shape index (κ2) is 8.92. The zero-order valence-corrected chi connectivity index (χ0v) is 16.2. The number of rotatable bonds is 5. The van der Waals surface area contributed by atoms with E-state index in [-0.39, 0.29) is 25.2 Å². The minimum atomic E-state index is -0.811. The Balaban J connectivity index is 1.41. The van der Waals surface area contributed by atoms with Gasteiger partial charge in [-0.05, 0) is 29.7 Å². The van der Waals surface area contributed by atoms with Crippen LogP contribution in [0.5, 0.6) is 0 Å². The quantitative estimate of drug-likeness (QED) is 0.611. The molecule has 0 bridgehead atoms. The number of para-hydroxylation sites is 1. The number of anilines is 1. The van der Waals surface area contributed by atoms with Crippen molar-refractivity contribution in [1.82, 2.24) is 10.2 Å². The van der Waals surface area contributed by atoms with E-state index in [9.17, 15) is 15.0 Å². The molecule has 0 aliphatic carbocycles. The Morgan fingerprint density at radius 2 is 1.79 bits per heavy atom. The van der Waals surface area contributed by atoms with Gasteiger partial charge in [-0.15, -0.1) is 0 Å². The van der Waals surface area contributed by atoms with Gasteiger partial charge in [-0.25, -0.2) is 4.79 Å². The number of hydrogen-bond donors (Lipinski definition) is 4. The van der Waals surface area contributed by atoms with E-state index in [0.29, 0.717) is 12.2 Å². The molecule has 2 amide bonds. The lowest BCUT2D eigenvalue weighted by Crippen LogP contribution is -2.52. The first-order chi connectivity index (χ1) is 14.2. The molecule has 29 heavy (non-hydrogen) atoms. The first-order valence-corrected chi connectivity index (χ1v) is 10.0. The lowest BCUT2D eigenvalue weighted by Gasteiger charge is -2.37. The number of urea groups is 1. The number of nitrogens with zero attached hydrogens (tertiary/aromatic N) is 1. The molecule has 2 aromatic rings. The number of fused-ring (bicyclic) bond motifs is 1. The van der Waals surface area contributed by atoms with Gasteiger partial charge >= 0.3 is 6.03 Å². The molecular formula is C22H27N3O4. The van der Waals surface area contributed by atoms with E-state index in [4.69, 9.17) is 4.74 Å². The average molecular weight is 397 g/mol. The van der Waals surface area contributed by atoms with E-state index in [2.05, 4.69) is 27.7 Å². The zero-order valence-electron chi connectivity index (χ0n) is 16.2. The van der Waals surface area contributed by atoms with Crippen LogP contribution < -0.4 is 10.6 Å². The largest absolute Gasteiger partial charge is 0.394 e. The summed E-state index contributed by atoms with van der Waals surface area (Å²) in [6.07, 6.45) is -0.970. The fourth-order valence-electron chi connectivity index (χ4n) is 4.26. The van der Waals surface area contributed by atoms with Crippen LogP contribution in [0.3, 0.4) is 0 Å². The highest BCUT2D eigenvalue weighted by Gasteiger charge is 2.46. The number of carbonyl (C=O) groups excluding carboxylic acids is 1. The van der Waals surface area contributed by atoms with Crippen molar-refractivity contribution in [2.45, 2.75) is 37.3 Å².